The minimum atomic E-state index is -0.166. The molecule has 142 valence electrons. The number of benzene rings is 1. The van der Waals surface area contributed by atoms with Crippen LogP contribution in [0.15, 0.2) is 29.1 Å². The van der Waals surface area contributed by atoms with Gasteiger partial charge in [0, 0.05) is 39.2 Å². The SMILES string of the molecule is COc1ccc2cc(C)c3nn(CN4CCN(C(C)=O)CC4)c(=O)n3c2c1. The van der Waals surface area contributed by atoms with Crippen molar-refractivity contribution in [3.63, 3.8) is 0 Å². The molecule has 3 aromatic rings. The van der Waals surface area contributed by atoms with Crippen LogP contribution in [0.1, 0.15) is 12.5 Å². The monoisotopic (exact) mass is 369 g/mol. The van der Waals surface area contributed by atoms with E-state index in [1.807, 2.05) is 36.1 Å². The van der Waals surface area contributed by atoms with E-state index in [0.29, 0.717) is 31.2 Å². The number of aromatic nitrogens is 3. The number of nitrogens with zero attached hydrogens (tertiary/aromatic N) is 5. The Bertz CT molecular complexity index is 1080. The van der Waals surface area contributed by atoms with Crippen molar-refractivity contribution < 1.29 is 9.53 Å². The fourth-order valence-corrected chi connectivity index (χ4v) is 3.63. The van der Waals surface area contributed by atoms with Gasteiger partial charge in [0.2, 0.25) is 5.91 Å². The fourth-order valence-electron chi connectivity index (χ4n) is 3.63. The summed E-state index contributed by atoms with van der Waals surface area (Å²) in [5.41, 5.74) is 2.22. The Hall–Kier alpha value is -2.87. The van der Waals surface area contributed by atoms with E-state index in [2.05, 4.69) is 10.00 Å². The first-order chi connectivity index (χ1) is 13.0. The number of methoxy groups -OCH3 is 1. The summed E-state index contributed by atoms with van der Waals surface area (Å²) in [7, 11) is 1.61. The Kier molecular flexibility index (Phi) is 4.35. The van der Waals surface area contributed by atoms with Crippen LogP contribution in [-0.4, -0.2) is 63.2 Å². The molecule has 1 amide bonds. The van der Waals surface area contributed by atoms with Crippen LogP contribution >= 0.6 is 0 Å². The molecule has 3 heterocycles. The number of fused-ring (bicyclic) bond motifs is 3. The summed E-state index contributed by atoms with van der Waals surface area (Å²) in [5, 5.41) is 5.54. The summed E-state index contributed by atoms with van der Waals surface area (Å²) in [6, 6.07) is 7.73. The molecule has 1 fully saturated rings. The van der Waals surface area contributed by atoms with E-state index >= 15 is 0 Å². The fraction of sp³-hybridized carbons (Fsp3) is 0.421. The lowest BCUT2D eigenvalue weighted by atomic mass is 10.1. The lowest BCUT2D eigenvalue weighted by Gasteiger charge is -2.33. The van der Waals surface area contributed by atoms with E-state index in [1.54, 1.807) is 18.4 Å². The zero-order valence-electron chi connectivity index (χ0n) is 15.8. The van der Waals surface area contributed by atoms with Gasteiger partial charge in [-0.2, -0.15) is 4.68 Å². The van der Waals surface area contributed by atoms with Crippen molar-refractivity contribution in [1.29, 1.82) is 0 Å². The molecule has 0 aliphatic carbocycles. The molecule has 8 heteroatoms. The van der Waals surface area contributed by atoms with Crippen LogP contribution in [0.4, 0.5) is 0 Å². The Morgan fingerprint density at radius 3 is 2.59 bits per heavy atom. The highest BCUT2D eigenvalue weighted by Gasteiger charge is 2.21. The van der Waals surface area contributed by atoms with Crippen molar-refractivity contribution >= 4 is 22.5 Å². The largest absolute Gasteiger partial charge is 0.497 e. The van der Waals surface area contributed by atoms with E-state index < -0.39 is 0 Å². The van der Waals surface area contributed by atoms with Gasteiger partial charge in [-0.05, 0) is 36.1 Å². The number of aryl methyl sites for hydroxylation is 1. The van der Waals surface area contributed by atoms with Crippen LogP contribution in [0.5, 0.6) is 5.75 Å². The number of pyridine rings is 1. The van der Waals surface area contributed by atoms with Gasteiger partial charge in [0.25, 0.3) is 0 Å². The highest BCUT2D eigenvalue weighted by Crippen LogP contribution is 2.23. The molecule has 0 spiro atoms. The van der Waals surface area contributed by atoms with Crippen LogP contribution in [0.2, 0.25) is 0 Å². The van der Waals surface area contributed by atoms with Gasteiger partial charge in [0.05, 0.1) is 19.3 Å². The first-order valence-electron chi connectivity index (χ1n) is 9.03. The maximum absolute atomic E-state index is 13.1. The van der Waals surface area contributed by atoms with Gasteiger partial charge in [0.15, 0.2) is 5.65 Å². The molecule has 0 unspecified atom stereocenters. The van der Waals surface area contributed by atoms with Gasteiger partial charge < -0.3 is 9.64 Å². The van der Waals surface area contributed by atoms with Crippen LogP contribution < -0.4 is 10.4 Å². The summed E-state index contributed by atoms with van der Waals surface area (Å²) < 4.78 is 8.47. The maximum atomic E-state index is 13.1. The van der Waals surface area contributed by atoms with Gasteiger partial charge in [-0.15, -0.1) is 5.10 Å². The van der Waals surface area contributed by atoms with Crippen molar-refractivity contribution in [3.05, 3.63) is 40.3 Å². The molecule has 27 heavy (non-hydrogen) atoms. The molecule has 0 N–H and O–H groups in total. The van der Waals surface area contributed by atoms with Crippen molar-refractivity contribution in [1.82, 2.24) is 24.0 Å². The smallest absolute Gasteiger partial charge is 0.352 e. The van der Waals surface area contributed by atoms with Gasteiger partial charge in [-0.3, -0.25) is 9.69 Å². The molecule has 0 bridgehead atoms. The molecule has 1 aromatic carbocycles. The lowest BCUT2D eigenvalue weighted by Crippen LogP contribution is -2.49. The van der Waals surface area contributed by atoms with E-state index in [0.717, 1.165) is 29.6 Å². The maximum Gasteiger partial charge on any atom is 0.352 e. The van der Waals surface area contributed by atoms with Gasteiger partial charge in [-0.25, -0.2) is 9.20 Å². The number of hydrogen-bond acceptors (Lipinski definition) is 5. The Balaban J connectivity index is 1.72. The first kappa shape index (κ1) is 17.5. The zero-order chi connectivity index (χ0) is 19.1. The van der Waals surface area contributed by atoms with E-state index in [-0.39, 0.29) is 11.6 Å². The van der Waals surface area contributed by atoms with Gasteiger partial charge in [-0.1, -0.05) is 0 Å². The standard InChI is InChI=1S/C19H23N5O3/c1-13-10-15-4-5-16(27-3)11-17(15)24-18(13)20-23(19(24)26)12-21-6-8-22(9-7-21)14(2)25/h4-5,10-11H,6-9,12H2,1-3H3. The molecular formula is C19H23N5O3. The number of rotatable bonds is 3. The molecule has 0 radical (unpaired) electrons. The number of carbonyl (C=O) groups is 1. The molecular weight excluding hydrogens is 346 g/mol. The van der Waals surface area contributed by atoms with E-state index in [1.165, 1.54) is 4.68 Å². The average Bonchev–Trinajstić information content (AvgIpc) is 2.99. The quantitative estimate of drug-likeness (QED) is 0.691. The topological polar surface area (TPSA) is 72.1 Å². The zero-order valence-corrected chi connectivity index (χ0v) is 15.8. The Labute approximate surface area is 156 Å². The molecule has 4 rings (SSSR count). The molecule has 1 aliphatic rings. The van der Waals surface area contributed by atoms with Crippen molar-refractivity contribution in [2.75, 3.05) is 33.3 Å². The predicted molar refractivity (Wildman–Crippen MR) is 102 cm³/mol. The van der Waals surface area contributed by atoms with Crippen LogP contribution in [-0.2, 0) is 11.5 Å². The molecule has 1 aliphatic heterocycles. The second-order valence-electron chi connectivity index (χ2n) is 6.96. The van der Waals surface area contributed by atoms with Crippen molar-refractivity contribution in [2.45, 2.75) is 20.5 Å². The average molecular weight is 369 g/mol. The summed E-state index contributed by atoms with van der Waals surface area (Å²) in [5.74, 6) is 0.795. The molecule has 1 saturated heterocycles. The Morgan fingerprint density at radius 1 is 1.19 bits per heavy atom. The van der Waals surface area contributed by atoms with Gasteiger partial charge in [0.1, 0.15) is 5.75 Å². The number of piperazine rings is 1. The highest BCUT2D eigenvalue weighted by molar-refractivity contribution is 5.84. The Morgan fingerprint density at radius 2 is 1.93 bits per heavy atom. The minimum Gasteiger partial charge on any atom is -0.497 e. The van der Waals surface area contributed by atoms with E-state index in [9.17, 15) is 9.59 Å². The van der Waals surface area contributed by atoms with Crippen LogP contribution in [0.3, 0.4) is 0 Å². The summed E-state index contributed by atoms with van der Waals surface area (Å²) >= 11 is 0. The van der Waals surface area contributed by atoms with E-state index in [4.69, 9.17) is 4.74 Å². The number of carbonyl (C=O) groups excluding carboxylic acids is 1. The van der Waals surface area contributed by atoms with Crippen LogP contribution in [0, 0.1) is 6.92 Å². The predicted octanol–water partition coefficient (Wildman–Crippen LogP) is 1.09. The number of ether oxygens (including phenoxy) is 1. The summed E-state index contributed by atoms with van der Waals surface area (Å²) in [6.45, 7) is 6.77. The normalized spacial score (nSPS) is 15.6. The van der Waals surface area contributed by atoms with Crippen molar-refractivity contribution in [3.8, 4) is 5.75 Å². The molecule has 2 aromatic heterocycles. The molecule has 0 saturated carbocycles. The summed E-state index contributed by atoms with van der Waals surface area (Å²) in [6.07, 6.45) is 0. The first-order valence-corrected chi connectivity index (χ1v) is 9.03. The molecule has 0 atom stereocenters. The third-order valence-corrected chi connectivity index (χ3v) is 5.19. The summed E-state index contributed by atoms with van der Waals surface area (Å²) in [4.78, 5) is 28.5. The third-order valence-electron chi connectivity index (χ3n) is 5.19. The number of amides is 1. The van der Waals surface area contributed by atoms with Gasteiger partial charge >= 0.3 is 5.69 Å². The second-order valence-corrected chi connectivity index (χ2v) is 6.96. The minimum absolute atomic E-state index is 0.0931. The second kappa shape index (κ2) is 6.70. The molecule has 8 nitrogen and oxygen atoms in total. The lowest BCUT2D eigenvalue weighted by molar-refractivity contribution is -0.130. The third kappa shape index (κ3) is 3.06. The number of hydrogen-bond donors (Lipinski definition) is 0. The van der Waals surface area contributed by atoms with Crippen molar-refractivity contribution in [2.24, 2.45) is 0 Å². The highest BCUT2D eigenvalue weighted by atomic mass is 16.5. The van der Waals surface area contributed by atoms with Crippen LogP contribution in [0.25, 0.3) is 16.6 Å².